The van der Waals surface area contributed by atoms with Crippen LogP contribution in [0.25, 0.3) is 0 Å². The Balaban J connectivity index is 1.29. The van der Waals surface area contributed by atoms with Gasteiger partial charge in [-0.2, -0.15) is 0 Å². The first-order chi connectivity index (χ1) is 21.1. The predicted octanol–water partition coefficient (Wildman–Crippen LogP) is 7.90. The second-order valence-corrected chi connectivity index (χ2v) is 13.2. The average Bonchev–Trinajstić information content (AvgIpc) is 3.22. The summed E-state index contributed by atoms with van der Waals surface area (Å²) in [5, 5.41) is 3.49. The summed E-state index contributed by atoms with van der Waals surface area (Å²) in [5.74, 6) is -3.79. The Morgan fingerprint density at radius 1 is 0.932 bits per heavy atom. The van der Waals surface area contributed by atoms with Gasteiger partial charge < -0.3 is 15.0 Å². The highest BCUT2D eigenvalue weighted by molar-refractivity contribution is 5.53. The minimum absolute atomic E-state index is 0.174. The third-order valence-electron chi connectivity index (χ3n) is 9.95. The van der Waals surface area contributed by atoms with Gasteiger partial charge in [0.25, 0.3) is 5.92 Å². The number of alkyl halides is 2. The molecular weight excluding hydrogens is 566 g/mol. The Morgan fingerprint density at radius 3 is 2.36 bits per heavy atom. The molecule has 236 valence electrons. The van der Waals surface area contributed by atoms with E-state index in [9.17, 15) is 8.78 Å². The van der Waals surface area contributed by atoms with Crippen LogP contribution < -0.4 is 15.0 Å². The van der Waals surface area contributed by atoms with Gasteiger partial charge in [-0.1, -0.05) is 36.4 Å². The Morgan fingerprint density at radius 2 is 1.66 bits per heavy atom. The normalized spacial score (nSPS) is 22.5. The van der Waals surface area contributed by atoms with Crippen molar-refractivity contribution in [1.82, 2.24) is 10.2 Å². The highest BCUT2D eigenvalue weighted by Crippen LogP contribution is 2.45. The Bertz CT molecular complexity index is 1400. The summed E-state index contributed by atoms with van der Waals surface area (Å²) in [6.07, 6.45) is 5.96. The quantitative estimate of drug-likeness (QED) is 0.276. The SMILES string of the molecule is C[C@@H]1Cc2cc(OCc3ccccc3)ccc2C(c2c(F)cc(N3CCC4(CCCNCC4)CC3)cc2F)N1CC(C)(F)F. The van der Waals surface area contributed by atoms with Gasteiger partial charge in [0.2, 0.25) is 0 Å². The van der Waals surface area contributed by atoms with Crippen molar-refractivity contribution in [1.29, 1.82) is 0 Å². The van der Waals surface area contributed by atoms with Crippen LogP contribution in [0.4, 0.5) is 23.2 Å². The average molecular weight is 610 g/mol. The molecule has 0 amide bonds. The van der Waals surface area contributed by atoms with Crippen molar-refractivity contribution in [2.45, 2.75) is 77.0 Å². The van der Waals surface area contributed by atoms with E-state index in [0.29, 0.717) is 35.4 Å². The molecule has 2 saturated heterocycles. The molecular formula is C36H43F4N3O. The van der Waals surface area contributed by atoms with E-state index >= 15 is 8.78 Å². The van der Waals surface area contributed by atoms with Gasteiger partial charge in [-0.3, -0.25) is 4.90 Å². The molecule has 1 unspecified atom stereocenters. The molecule has 0 bridgehead atoms. The number of hydrogen-bond donors (Lipinski definition) is 1. The number of halogens is 4. The summed E-state index contributed by atoms with van der Waals surface area (Å²) >= 11 is 0. The van der Waals surface area contributed by atoms with E-state index in [2.05, 4.69) is 10.2 Å². The van der Waals surface area contributed by atoms with Gasteiger partial charge in [0.1, 0.15) is 24.0 Å². The molecule has 3 heterocycles. The summed E-state index contributed by atoms with van der Waals surface area (Å²) < 4.78 is 67.3. The molecule has 8 heteroatoms. The van der Waals surface area contributed by atoms with Crippen LogP contribution in [-0.2, 0) is 13.0 Å². The van der Waals surface area contributed by atoms with Crippen LogP contribution in [-0.4, -0.2) is 49.6 Å². The molecule has 3 aliphatic rings. The van der Waals surface area contributed by atoms with Crippen LogP contribution in [0, 0.1) is 17.0 Å². The maximum Gasteiger partial charge on any atom is 0.257 e. The minimum atomic E-state index is -3.03. The summed E-state index contributed by atoms with van der Waals surface area (Å²) in [6, 6.07) is 16.7. The Labute approximate surface area is 258 Å². The topological polar surface area (TPSA) is 27.7 Å². The second-order valence-electron chi connectivity index (χ2n) is 13.2. The standard InChI is InChI=1S/C36H43F4N3O/c1-25-19-27-20-29(44-23-26-7-4-3-5-8-26)9-10-30(27)34(43(25)24-35(2,39)40)33-31(37)21-28(22-32(33)38)42-17-13-36(14-18-42)11-6-15-41-16-12-36/h3-5,7-10,20-22,25,34,41H,6,11-19,23-24H2,1-2H3/t25-,34?/m1/s1. The Hall–Kier alpha value is -3.10. The zero-order valence-electron chi connectivity index (χ0n) is 25.7. The van der Waals surface area contributed by atoms with Gasteiger partial charge in [-0.05, 0) is 105 Å². The molecule has 3 aliphatic heterocycles. The molecule has 3 aromatic carbocycles. The number of fused-ring (bicyclic) bond motifs is 1. The molecule has 2 fully saturated rings. The molecule has 0 aliphatic carbocycles. The summed E-state index contributed by atoms with van der Waals surface area (Å²) in [7, 11) is 0. The van der Waals surface area contributed by atoms with E-state index in [-0.39, 0.29) is 11.6 Å². The van der Waals surface area contributed by atoms with E-state index in [0.717, 1.165) is 69.9 Å². The second kappa shape index (κ2) is 12.7. The lowest BCUT2D eigenvalue weighted by molar-refractivity contribution is -0.0371. The molecule has 0 aromatic heterocycles. The zero-order chi connectivity index (χ0) is 30.9. The molecule has 4 nitrogen and oxygen atoms in total. The molecule has 2 atom stereocenters. The lowest BCUT2D eigenvalue weighted by Gasteiger charge is -2.44. The van der Waals surface area contributed by atoms with Gasteiger partial charge in [-0.25, -0.2) is 17.6 Å². The summed E-state index contributed by atoms with van der Waals surface area (Å²) in [5.41, 5.74) is 3.15. The third kappa shape index (κ3) is 6.76. The number of hydrogen-bond acceptors (Lipinski definition) is 4. The van der Waals surface area contributed by atoms with Crippen LogP contribution in [0.3, 0.4) is 0 Å². The van der Waals surface area contributed by atoms with Crippen LogP contribution in [0.1, 0.15) is 74.2 Å². The number of ether oxygens (including phenoxy) is 1. The van der Waals surface area contributed by atoms with Gasteiger partial charge in [-0.15, -0.1) is 0 Å². The van der Waals surface area contributed by atoms with E-state index in [4.69, 9.17) is 4.74 Å². The van der Waals surface area contributed by atoms with Crippen LogP contribution in [0.2, 0.25) is 0 Å². The molecule has 3 aromatic rings. The number of anilines is 1. The van der Waals surface area contributed by atoms with Crippen molar-refractivity contribution in [3.05, 3.63) is 94.6 Å². The highest BCUT2D eigenvalue weighted by Gasteiger charge is 2.41. The van der Waals surface area contributed by atoms with Crippen LogP contribution >= 0.6 is 0 Å². The largest absolute Gasteiger partial charge is 0.489 e. The molecule has 1 spiro atoms. The van der Waals surface area contributed by atoms with E-state index in [1.807, 2.05) is 43.3 Å². The molecule has 44 heavy (non-hydrogen) atoms. The fourth-order valence-electron chi connectivity index (χ4n) is 7.56. The lowest BCUT2D eigenvalue weighted by atomic mass is 9.73. The monoisotopic (exact) mass is 609 g/mol. The van der Waals surface area contributed by atoms with E-state index in [1.165, 1.54) is 18.6 Å². The zero-order valence-corrected chi connectivity index (χ0v) is 25.7. The molecule has 0 saturated carbocycles. The third-order valence-corrected chi connectivity index (χ3v) is 9.95. The number of piperidine rings is 1. The minimum Gasteiger partial charge on any atom is -0.489 e. The van der Waals surface area contributed by atoms with Gasteiger partial charge >= 0.3 is 0 Å². The van der Waals surface area contributed by atoms with Gasteiger partial charge in [0.05, 0.1) is 12.6 Å². The van der Waals surface area contributed by atoms with E-state index < -0.39 is 30.1 Å². The molecule has 0 radical (unpaired) electrons. The van der Waals surface area contributed by atoms with Crippen molar-refractivity contribution in [2.75, 3.05) is 37.6 Å². The first kappa shape index (κ1) is 30.9. The smallest absolute Gasteiger partial charge is 0.257 e. The predicted molar refractivity (Wildman–Crippen MR) is 167 cm³/mol. The fraction of sp³-hybridized carbons (Fsp3) is 0.500. The fourth-order valence-corrected chi connectivity index (χ4v) is 7.56. The van der Waals surface area contributed by atoms with E-state index in [1.54, 1.807) is 17.0 Å². The van der Waals surface area contributed by atoms with Crippen LogP contribution in [0.5, 0.6) is 5.75 Å². The molecule has 1 N–H and O–H groups in total. The molecule has 6 rings (SSSR count). The van der Waals surface area contributed by atoms with Crippen molar-refractivity contribution in [3.8, 4) is 5.75 Å². The van der Waals surface area contributed by atoms with Crippen molar-refractivity contribution in [3.63, 3.8) is 0 Å². The van der Waals surface area contributed by atoms with Gasteiger partial charge in [0, 0.05) is 37.3 Å². The number of rotatable bonds is 7. The maximum atomic E-state index is 16.2. The summed E-state index contributed by atoms with van der Waals surface area (Å²) in [4.78, 5) is 3.63. The Kier molecular flexibility index (Phi) is 8.93. The van der Waals surface area contributed by atoms with Crippen molar-refractivity contribution in [2.24, 2.45) is 5.41 Å². The van der Waals surface area contributed by atoms with Crippen LogP contribution in [0.15, 0.2) is 60.7 Å². The highest BCUT2D eigenvalue weighted by atomic mass is 19.3. The lowest BCUT2D eigenvalue weighted by Crippen LogP contribution is -2.48. The first-order valence-corrected chi connectivity index (χ1v) is 16.0. The first-order valence-electron chi connectivity index (χ1n) is 16.0. The van der Waals surface area contributed by atoms with Gasteiger partial charge in [0.15, 0.2) is 0 Å². The summed E-state index contributed by atoms with van der Waals surface area (Å²) in [6.45, 7) is 6.05. The maximum absolute atomic E-state index is 16.2. The number of benzene rings is 3. The van der Waals surface area contributed by atoms with Crippen molar-refractivity contribution >= 4 is 5.69 Å². The number of nitrogens with zero attached hydrogens (tertiary/aromatic N) is 2. The number of nitrogens with one attached hydrogen (secondary N) is 1. The van der Waals surface area contributed by atoms with Crippen molar-refractivity contribution < 1.29 is 22.3 Å².